The van der Waals surface area contributed by atoms with Crippen LogP contribution in [0.2, 0.25) is 0 Å². The summed E-state index contributed by atoms with van der Waals surface area (Å²) in [6.07, 6.45) is -0.607. The minimum absolute atomic E-state index is 0. The maximum atomic E-state index is 11.6. The molecule has 18 heavy (non-hydrogen) atoms. The molecule has 1 saturated heterocycles. The average Bonchev–Trinajstić information content (AvgIpc) is 2.65. The second-order valence-electron chi connectivity index (χ2n) is 3.76. The summed E-state index contributed by atoms with van der Waals surface area (Å²) in [5.41, 5.74) is -1.05. The maximum absolute atomic E-state index is 11.6. The van der Waals surface area contributed by atoms with Gasteiger partial charge in [0.1, 0.15) is 12.3 Å². The van der Waals surface area contributed by atoms with Crippen molar-refractivity contribution in [3.8, 4) is 0 Å². The molecule has 3 atom stereocenters. The molecule has 96 valence electrons. The van der Waals surface area contributed by atoms with Gasteiger partial charge in [0.15, 0.2) is 0 Å². The van der Waals surface area contributed by atoms with Gasteiger partial charge in [-0.25, -0.2) is 4.79 Å². The molecule has 0 unspecified atom stereocenters. The molecule has 2 rings (SSSR count). The summed E-state index contributed by atoms with van der Waals surface area (Å²) in [5, 5.41) is 18.5. The fourth-order valence-corrected chi connectivity index (χ4v) is 2.16. The third-order valence-electron chi connectivity index (χ3n) is 2.62. The summed E-state index contributed by atoms with van der Waals surface area (Å²) in [5.74, 6) is 0. The largest absolute Gasteiger partial charge is 0.394 e. The summed E-state index contributed by atoms with van der Waals surface area (Å²) in [6, 6.07) is 0. The van der Waals surface area contributed by atoms with Crippen molar-refractivity contribution in [1.82, 2.24) is 9.55 Å². The second-order valence-corrected chi connectivity index (χ2v) is 4.92. The minimum Gasteiger partial charge on any atom is -0.394 e. The zero-order valence-electron chi connectivity index (χ0n) is 9.38. The number of aliphatic hydroxyl groups excluding tert-OH is 2. The van der Waals surface area contributed by atoms with Crippen molar-refractivity contribution in [3.63, 3.8) is 0 Å². The molecule has 0 spiro atoms. The first kappa shape index (κ1) is 16.0. The zero-order chi connectivity index (χ0) is 12.6. The molecule has 0 amide bonds. The van der Waals surface area contributed by atoms with Crippen LogP contribution in [-0.2, 0) is 24.2 Å². The number of hydrogen-bond donors (Lipinski definition) is 3. The topological polar surface area (TPSA) is 105 Å². The van der Waals surface area contributed by atoms with Crippen LogP contribution in [0.3, 0.4) is 0 Å². The van der Waals surface area contributed by atoms with Crippen molar-refractivity contribution in [2.45, 2.75) is 24.9 Å². The van der Waals surface area contributed by atoms with Gasteiger partial charge in [-0.2, -0.15) is 0 Å². The SMILES string of the molecule is O=c1[nH]c(=O)n([C@H]2C[C@H](O)[C@@H](CO)O2)cc1I.[Zn]. The number of rotatable bonds is 2. The minimum atomic E-state index is -0.818. The van der Waals surface area contributed by atoms with Crippen molar-refractivity contribution < 1.29 is 34.4 Å². The van der Waals surface area contributed by atoms with Crippen LogP contribution in [0.4, 0.5) is 0 Å². The van der Waals surface area contributed by atoms with Crippen molar-refractivity contribution >= 4 is 22.6 Å². The normalized spacial score (nSPS) is 26.9. The first-order valence-corrected chi connectivity index (χ1v) is 6.06. The Morgan fingerprint density at radius 3 is 2.78 bits per heavy atom. The Bertz CT molecular complexity index is 530. The Morgan fingerprint density at radius 2 is 2.22 bits per heavy atom. The Kier molecular flexibility index (Phi) is 5.66. The van der Waals surface area contributed by atoms with Crippen molar-refractivity contribution in [3.05, 3.63) is 30.6 Å². The molecule has 3 N–H and O–H groups in total. The summed E-state index contributed by atoms with van der Waals surface area (Å²) in [7, 11) is 0. The van der Waals surface area contributed by atoms with Gasteiger partial charge < -0.3 is 14.9 Å². The van der Waals surface area contributed by atoms with E-state index >= 15 is 0 Å². The number of H-pyrrole nitrogens is 1. The van der Waals surface area contributed by atoms with Gasteiger partial charge >= 0.3 is 5.69 Å². The van der Waals surface area contributed by atoms with Gasteiger partial charge in [0, 0.05) is 32.1 Å². The third kappa shape index (κ3) is 3.08. The molecule has 0 bridgehead atoms. The smallest absolute Gasteiger partial charge is 0.330 e. The number of aromatic nitrogens is 2. The fraction of sp³-hybridized carbons (Fsp3) is 0.556. The van der Waals surface area contributed by atoms with Crippen LogP contribution in [0.5, 0.6) is 0 Å². The average molecular weight is 419 g/mol. The molecule has 1 aliphatic heterocycles. The molecule has 0 aromatic carbocycles. The quantitative estimate of drug-likeness (QED) is 0.412. The predicted molar refractivity (Wildman–Crippen MR) is 65.7 cm³/mol. The van der Waals surface area contributed by atoms with Gasteiger partial charge in [-0.15, -0.1) is 0 Å². The van der Waals surface area contributed by atoms with E-state index in [1.54, 1.807) is 22.6 Å². The summed E-state index contributed by atoms with van der Waals surface area (Å²) >= 11 is 1.80. The Hall–Kier alpha value is -0.0866. The van der Waals surface area contributed by atoms with E-state index in [1.807, 2.05) is 0 Å². The van der Waals surface area contributed by atoms with Crippen molar-refractivity contribution in [1.29, 1.82) is 0 Å². The van der Waals surface area contributed by atoms with E-state index in [-0.39, 0.29) is 32.5 Å². The second kappa shape index (κ2) is 6.38. The molecular formula is C9H11IN2O5Zn. The summed E-state index contributed by atoms with van der Waals surface area (Å²) in [4.78, 5) is 24.9. The van der Waals surface area contributed by atoms with Gasteiger partial charge in [-0.1, -0.05) is 0 Å². The number of nitrogens with one attached hydrogen (secondary N) is 1. The summed E-state index contributed by atoms with van der Waals surface area (Å²) in [6.45, 7) is -0.313. The van der Waals surface area contributed by atoms with Gasteiger partial charge in [0.2, 0.25) is 0 Å². The van der Waals surface area contributed by atoms with E-state index in [4.69, 9.17) is 9.84 Å². The third-order valence-corrected chi connectivity index (χ3v) is 3.39. The Morgan fingerprint density at radius 1 is 1.56 bits per heavy atom. The molecule has 0 radical (unpaired) electrons. The van der Waals surface area contributed by atoms with Gasteiger partial charge in [0.25, 0.3) is 5.56 Å². The van der Waals surface area contributed by atoms with E-state index in [2.05, 4.69) is 4.98 Å². The molecule has 1 aliphatic rings. The standard InChI is InChI=1S/C9H11IN2O5.Zn/c10-4-2-12(9(16)11-8(4)15)7-1-5(14)6(3-13)17-7;/h2,5-7,13-14H,1,3H2,(H,11,15,16);/t5-,6+,7+;/m0./s1. The van der Waals surface area contributed by atoms with Crippen LogP contribution >= 0.6 is 22.6 Å². The monoisotopic (exact) mass is 418 g/mol. The van der Waals surface area contributed by atoms with Crippen molar-refractivity contribution in [2.24, 2.45) is 0 Å². The molecule has 0 aliphatic carbocycles. The molecule has 0 saturated carbocycles. The first-order chi connectivity index (χ1) is 8.02. The number of hydrogen-bond acceptors (Lipinski definition) is 5. The number of nitrogens with zero attached hydrogens (tertiary/aromatic N) is 1. The van der Waals surface area contributed by atoms with Crippen LogP contribution in [0.25, 0.3) is 0 Å². The first-order valence-electron chi connectivity index (χ1n) is 4.98. The van der Waals surface area contributed by atoms with Crippen LogP contribution in [-0.4, -0.2) is 38.6 Å². The summed E-state index contributed by atoms with van der Waals surface area (Å²) < 4.78 is 6.89. The predicted octanol–water partition coefficient (Wildman–Crippen LogP) is -1.22. The van der Waals surface area contributed by atoms with Gasteiger partial charge in [-0.05, 0) is 22.6 Å². The molecule has 9 heteroatoms. The van der Waals surface area contributed by atoms with Crippen LogP contribution < -0.4 is 11.2 Å². The molecule has 1 fully saturated rings. The number of aliphatic hydroxyl groups is 2. The molecule has 7 nitrogen and oxygen atoms in total. The van der Waals surface area contributed by atoms with E-state index in [1.165, 1.54) is 10.8 Å². The van der Waals surface area contributed by atoms with E-state index in [0.29, 0.717) is 3.57 Å². The fourth-order valence-electron chi connectivity index (χ4n) is 1.72. The van der Waals surface area contributed by atoms with Gasteiger partial charge in [-0.3, -0.25) is 14.3 Å². The number of aromatic amines is 1. The van der Waals surface area contributed by atoms with Gasteiger partial charge in [0.05, 0.1) is 16.3 Å². The molecule has 1 aromatic rings. The number of ether oxygens (including phenoxy) is 1. The van der Waals surface area contributed by atoms with Crippen LogP contribution in [0.1, 0.15) is 12.6 Å². The number of halogens is 1. The zero-order valence-corrected chi connectivity index (χ0v) is 14.5. The molecular weight excluding hydrogens is 408 g/mol. The van der Waals surface area contributed by atoms with E-state index in [0.717, 1.165) is 0 Å². The van der Waals surface area contributed by atoms with E-state index < -0.39 is 29.7 Å². The molecule has 1 aromatic heterocycles. The van der Waals surface area contributed by atoms with Crippen LogP contribution in [0.15, 0.2) is 15.8 Å². The Balaban J connectivity index is 0.00000162. The van der Waals surface area contributed by atoms with Crippen LogP contribution in [0, 0.1) is 3.57 Å². The Labute approximate surface area is 128 Å². The van der Waals surface area contributed by atoms with Crippen molar-refractivity contribution in [2.75, 3.05) is 6.61 Å². The maximum Gasteiger partial charge on any atom is 0.330 e. The molecule has 2 heterocycles. The van der Waals surface area contributed by atoms with E-state index in [9.17, 15) is 14.7 Å².